The highest BCUT2D eigenvalue weighted by Gasteiger charge is 2.27. The number of carbonyl (C=O) groups is 1. The molecule has 0 saturated heterocycles. The smallest absolute Gasteiger partial charge is 0.308 e. The highest BCUT2D eigenvalue weighted by Crippen LogP contribution is 2.30. The van der Waals surface area contributed by atoms with Crippen molar-refractivity contribution in [3.63, 3.8) is 0 Å². The maximum absolute atomic E-state index is 10.7. The van der Waals surface area contributed by atoms with Crippen molar-refractivity contribution in [3.05, 3.63) is 40.6 Å². The molecule has 1 aliphatic rings. The molecule has 2 unspecified atom stereocenters. The first-order valence-corrected chi connectivity index (χ1v) is 8.04. The topological polar surface area (TPSA) is 67.2 Å². The molecule has 2 heterocycles. The van der Waals surface area contributed by atoms with Gasteiger partial charge in [0.25, 0.3) is 0 Å². The van der Waals surface area contributed by atoms with Crippen LogP contribution in [0.15, 0.2) is 30.9 Å². The largest absolute Gasteiger partial charge is 0.481 e. The summed E-state index contributed by atoms with van der Waals surface area (Å²) < 4.78 is 2.19. The minimum absolute atomic E-state index is 0.117. The zero-order valence-corrected chi connectivity index (χ0v) is 12.6. The van der Waals surface area contributed by atoms with E-state index in [1.54, 1.807) is 11.3 Å². The van der Waals surface area contributed by atoms with Gasteiger partial charge >= 0.3 is 5.97 Å². The van der Waals surface area contributed by atoms with Crippen LogP contribution in [0, 0.1) is 0 Å². The van der Waals surface area contributed by atoms with Gasteiger partial charge in [0.15, 0.2) is 0 Å². The van der Waals surface area contributed by atoms with E-state index >= 15 is 0 Å². The van der Waals surface area contributed by atoms with E-state index in [0.29, 0.717) is 12.1 Å². The molecule has 0 bridgehead atoms. The van der Waals surface area contributed by atoms with Gasteiger partial charge in [0.2, 0.25) is 0 Å². The molecule has 2 N–H and O–H groups in total. The quantitative estimate of drug-likeness (QED) is 0.860. The lowest BCUT2D eigenvalue weighted by Crippen LogP contribution is -2.32. The summed E-state index contributed by atoms with van der Waals surface area (Å²) in [5.41, 5.74) is 0. The Morgan fingerprint density at radius 3 is 3.05 bits per heavy atom. The maximum atomic E-state index is 10.7. The molecular weight excluding hydrogens is 286 g/mol. The summed E-state index contributed by atoms with van der Waals surface area (Å²) in [6, 6.07) is 4.88. The third-order valence-corrected chi connectivity index (χ3v) is 5.05. The maximum Gasteiger partial charge on any atom is 0.308 e. The molecule has 6 heteroatoms. The first kappa shape index (κ1) is 14.3. The van der Waals surface area contributed by atoms with Gasteiger partial charge in [-0.3, -0.25) is 4.79 Å². The van der Waals surface area contributed by atoms with E-state index in [-0.39, 0.29) is 6.42 Å². The molecule has 112 valence electrons. The molecule has 1 fully saturated rings. The Kier molecular flexibility index (Phi) is 4.36. The van der Waals surface area contributed by atoms with E-state index in [4.69, 9.17) is 5.11 Å². The zero-order valence-electron chi connectivity index (χ0n) is 11.7. The Morgan fingerprint density at radius 2 is 2.29 bits per heavy atom. The van der Waals surface area contributed by atoms with E-state index < -0.39 is 5.97 Å². The van der Waals surface area contributed by atoms with Crippen molar-refractivity contribution in [1.29, 1.82) is 0 Å². The molecule has 0 amide bonds. The van der Waals surface area contributed by atoms with Crippen LogP contribution in [0.1, 0.15) is 35.1 Å². The summed E-state index contributed by atoms with van der Waals surface area (Å²) in [5, 5.41) is 12.4. The average molecular weight is 305 g/mol. The van der Waals surface area contributed by atoms with Crippen molar-refractivity contribution in [2.24, 2.45) is 0 Å². The number of carboxylic acid groups (broad SMARTS) is 1. The number of carboxylic acids is 1. The lowest BCUT2D eigenvalue weighted by molar-refractivity contribution is -0.136. The van der Waals surface area contributed by atoms with E-state index in [9.17, 15) is 4.79 Å². The molecule has 0 spiro atoms. The van der Waals surface area contributed by atoms with Crippen molar-refractivity contribution < 1.29 is 9.90 Å². The predicted molar refractivity (Wildman–Crippen MR) is 81.4 cm³/mol. The minimum atomic E-state index is -0.771. The van der Waals surface area contributed by atoms with Crippen LogP contribution in [-0.2, 0) is 17.8 Å². The fraction of sp³-hybridized carbons (Fsp3) is 0.467. The van der Waals surface area contributed by atoms with Crippen LogP contribution in [0.25, 0.3) is 0 Å². The van der Waals surface area contributed by atoms with E-state index in [1.807, 2.05) is 30.9 Å². The Morgan fingerprint density at radius 1 is 1.43 bits per heavy atom. The van der Waals surface area contributed by atoms with E-state index in [0.717, 1.165) is 11.4 Å². The molecule has 5 nitrogen and oxygen atoms in total. The first-order chi connectivity index (χ1) is 10.2. The van der Waals surface area contributed by atoms with E-state index in [2.05, 4.69) is 14.9 Å². The van der Waals surface area contributed by atoms with Crippen molar-refractivity contribution >= 4 is 17.3 Å². The van der Waals surface area contributed by atoms with E-state index in [1.165, 1.54) is 24.1 Å². The molecule has 0 aliphatic heterocycles. The summed E-state index contributed by atoms with van der Waals surface area (Å²) in [4.78, 5) is 16.9. The van der Waals surface area contributed by atoms with Gasteiger partial charge in [-0.05, 0) is 31.4 Å². The molecule has 1 aliphatic carbocycles. The molecule has 21 heavy (non-hydrogen) atoms. The van der Waals surface area contributed by atoms with Gasteiger partial charge in [-0.25, -0.2) is 4.98 Å². The first-order valence-electron chi connectivity index (χ1n) is 7.22. The zero-order chi connectivity index (χ0) is 14.7. The van der Waals surface area contributed by atoms with Gasteiger partial charge in [-0.1, -0.05) is 0 Å². The van der Waals surface area contributed by atoms with Gasteiger partial charge in [0, 0.05) is 40.8 Å². The second-order valence-electron chi connectivity index (χ2n) is 5.43. The molecule has 1 saturated carbocycles. The standard InChI is InChI=1S/C15H19N3O2S/c19-15(20)8-11-4-5-12(21-11)9-17-13-2-1-3-14(13)18-7-6-16-10-18/h4-7,10,13-14,17H,1-3,8-9H2,(H,19,20). The molecule has 3 rings (SSSR count). The second-order valence-corrected chi connectivity index (χ2v) is 6.69. The number of nitrogens with zero attached hydrogens (tertiary/aromatic N) is 2. The number of nitrogens with one attached hydrogen (secondary N) is 1. The lowest BCUT2D eigenvalue weighted by Gasteiger charge is -2.21. The Balaban J connectivity index is 1.57. The lowest BCUT2D eigenvalue weighted by atomic mass is 10.1. The highest BCUT2D eigenvalue weighted by molar-refractivity contribution is 7.12. The third kappa shape index (κ3) is 3.51. The van der Waals surface area contributed by atoms with Crippen LogP contribution < -0.4 is 5.32 Å². The fourth-order valence-corrected chi connectivity index (χ4v) is 3.95. The second kappa shape index (κ2) is 6.41. The number of hydrogen-bond acceptors (Lipinski definition) is 4. The molecule has 2 aromatic rings. The molecule has 0 radical (unpaired) electrons. The Hall–Kier alpha value is -1.66. The van der Waals surface area contributed by atoms with Crippen LogP contribution >= 0.6 is 11.3 Å². The third-order valence-electron chi connectivity index (χ3n) is 3.97. The molecule has 0 aromatic carbocycles. The van der Waals surface area contributed by atoms with Crippen molar-refractivity contribution in [3.8, 4) is 0 Å². The average Bonchev–Trinajstić information content (AvgIpc) is 3.17. The molecule has 2 atom stereocenters. The summed E-state index contributed by atoms with van der Waals surface area (Å²) in [7, 11) is 0. The van der Waals surface area contributed by atoms with Crippen LogP contribution in [0.2, 0.25) is 0 Å². The van der Waals surface area contributed by atoms with Crippen LogP contribution in [0.3, 0.4) is 0 Å². The van der Waals surface area contributed by atoms with Crippen LogP contribution in [0.5, 0.6) is 0 Å². The van der Waals surface area contributed by atoms with Crippen molar-refractivity contribution in [2.75, 3.05) is 0 Å². The van der Waals surface area contributed by atoms with Crippen LogP contribution in [0.4, 0.5) is 0 Å². The van der Waals surface area contributed by atoms with Gasteiger partial charge in [-0.15, -0.1) is 11.3 Å². The van der Waals surface area contributed by atoms with Crippen molar-refractivity contribution in [1.82, 2.24) is 14.9 Å². The number of thiophene rings is 1. The van der Waals surface area contributed by atoms with Crippen LogP contribution in [-0.4, -0.2) is 26.7 Å². The minimum Gasteiger partial charge on any atom is -0.481 e. The fourth-order valence-electron chi connectivity index (χ4n) is 2.99. The van der Waals surface area contributed by atoms with Gasteiger partial charge in [0.05, 0.1) is 12.7 Å². The van der Waals surface area contributed by atoms with Gasteiger partial charge < -0.3 is 15.0 Å². The number of aromatic nitrogens is 2. The number of rotatable bonds is 6. The van der Waals surface area contributed by atoms with Gasteiger partial charge in [-0.2, -0.15) is 0 Å². The SMILES string of the molecule is O=C(O)Cc1ccc(CNC2CCCC2n2ccnc2)s1. The number of hydrogen-bond donors (Lipinski definition) is 2. The highest BCUT2D eigenvalue weighted by atomic mass is 32.1. The monoisotopic (exact) mass is 305 g/mol. The summed E-state index contributed by atoms with van der Waals surface area (Å²) in [6.45, 7) is 0.806. The van der Waals surface area contributed by atoms with Crippen molar-refractivity contribution in [2.45, 2.75) is 44.3 Å². The Labute approximate surface area is 127 Å². The Bertz CT molecular complexity index is 594. The van der Waals surface area contributed by atoms with Gasteiger partial charge in [0.1, 0.15) is 0 Å². The summed E-state index contributed by atoms with van der Waals surface area (Å²) >= 11 is 1.58. The molecule has 2 aromatic heterocycles. The normalized spacial score (nSPS) is 21.7. The summed E-state index contributed by atoms with van der Waals surface area (Å²) in [6.07, 6.45) is 9.45. The number of imidazole rings is 1. The molecular formula is C15H19N3O2S. The predicted octanol–water partition coefficient (Wildman–Crippen LogP) is 2.46. The number of aliphatic carboxylic acids is 1. The summed E-state index contributed by atoms with van der Waals surface area (Å²) in [5.74, 6) is -0.771.